The Labute approximate surface area is 121 Å². The number of hydrogen-bond acceptors (Lipinski definition) is 5. The second-order valence-electron chi connectivity index (χ2n) is 5.01. The molecule has 0 aliphatic carbocycles. The van der Waals surface area contributed by atoms with Crippen LogP contribution in [0.4, 0.5) is 17.5 Å². The van der Waals surface area contributed by atoms with Gasteiger partial charge in [0.05, 0.1) is 5.39 Å². The Morgan fingerprint density at radius 1 is 1.00 bits per heavy atom. The SMILES string of the molecule is Cc1cc(C)cc(Nc2nc(N)nc3sc(C)cc23)c1. The summed E-state index contributed by atoms with van der Waals surface area (Å²) in [6.45, 7) is 6.22. The van der Waals surface area contributed by atoms with Crippen molar-refractivity contribution in [3.05, 3.63) is 40.3 Å². The van der Waals surface area contributed by atoms with Crippen LogP contribution in [0.25, 0.3) is 10.2 Å². The molecule has 0 bridgehead atoms. The van der Waals surface area contributed by atoms with Crippen molar-refractivity contribution in [3.63, 3.8) is 0 Å². The molecule has 2 aromatic heterocycles. The molecular formula is C15H16N4S. The molecule has 0 saturated heterocycles. The van der Waals surface area contributed by atoms with Crippen LogP contribution < -0.4 is 11.1 Å². The second-order valence-corrected chi connectivity index (χ2v) is 6.24. The fourth-order valence-corrected chi connectivity index (χ4v) is 3.22. The summed E-state index contributed by atoms with van der Waals surface area (Å²) in [5.41, 5.74) is 9.24. The van der Waals surface area contributed by atoms with E-state index in [0.717, 1.165) is 21.7 Å². The second kappa shape index (κ2) is 4.76. The Hall–Kier alpha value is -2.14. The van der Waals surface area contributed by atoms with Crippen LogP contribution in [0, 0.1) is 20.8 Å². The molecule has 0 saturated carbocycles. The van der Waals surface area contributed by atoms with Gasteiger partial charge in [-0.25, -0.2) is 4.98 Å². The maximum Gasteiger partial charge on any atom is 0.223 e. The first-order chi connectivity index (χ1) is 9.51. The number of rotatable bonds is 2. The lowest BCUT2D eigenvalue weighted by Gasteiger charge is -2.09. The summed E-state index contributed by atoms with van der Waals surface area (Å²) in [6, 6.07) is 8.42. The summed E-state index contributed by atoms with van der Waals surface area (Å²) in [4.78, 5) is 10.7. The van der Waals surface area contributed by atoms with Gasteiger partial charge in [0.15, 0.2) is 0 Å². The summed E-state index contributed by atoms with van der Waals surface area (Å²) in [6.07, 6.45) is 0. The van der Waals surface area contributed by atoms with E-state index in [9.17, 15) is 0 Å². The molecule has 0 radical (unpaired) electrons. The first kappa shape index (κ1) is 12.9. The lowest BCUT2D eigenvalue weighted by atomic mass is 10.1. The van der Waals surface area contributed by atoms with Gasteiger partial charge >= 0.3 is 0 Å². The zero-order valence-corrected chi connectivity index (χ0v) is 12.5. The number of nitrogens with one attached hydrogen (secondary N) is 1. The van der Waals surface area contributed by atoms with Crippen LogP contribution in [0.3, 0.4) is 0 Å². The topological polar surface area (TPSA) is 63.8 Å². The minimum Gasteiger partial charge on any atom is -0.368 e. The Morgan fingerprint density at radius 3 is 2.40 bits per heavy atom. The lowest BCUT2D eigenvalue weighted by molar-refractivity contribution is 1.24. The van der Waals surface area contributed by atoms with Crippen LogP contribution in [0.1, 0.15) is 16.0 Å². The van der Waals surface area contributed by atoms with Crippen LogP contribution in [-0.2, 0) is 0 Å². The van der Waals surface area contributed by atoms with Gasteiger partial charge in [-0.1, -0.05) is 6.07 Å². The predicted molar refractivity (Wildman–Crippen MR) is 85.8 cm³/mol. The van der Waals surface area contributed by atoms with E-state index < -0.39 is 0 Å². The molecule has 0 aliphatic heterocycles. The molecule has 5 heteroatoms. The average Bonchev–Trinajstić information content (AvgIpc) is 2.68. The molecule has 0 atom stereocenters. The number of nitrogens with zero attached hydrogens (tertiary/aromatic N) is 2. The van der Waals surface area contributed by atoms with E-state index in [4.69, 9.17) is 5.73 Å². The molecular weight excluding hydrogens is 268 g/mol. The first-order valence-electron chi connectivity index (χ1n) is 6.40. The average molecular weight is 284 g/mol. The number of fused-ring (bicyclic) bond motifs is 1. The molecule has 2 heterocycles. The number of nitrogens with two attached hydrogens (primary N) is 1. The van der Waals surface area contributed by atoms with Crippen LogP contribution in [0.5, 0.6) is 0 Å². The largest absolute Gasteiger partial charge is 0.368 e. The highest BCUT2D eigenvalue weighted by atomic mass is 32.1. The van der Waals surface area contributed by atoms with Crippen molar-refractivity contribution in [3.8, 4) is 0 Å². The van der Waals surface area contributed by atoms with E-state index in [1.807, 2.05) is 0 Å². The minimum absolute atomic E-state index is 0.297. The van der Waals surface area contributed by atoms with Crippen LogP contribution >= 0.6 is 11.3 Å². The standard InChI is InChI=1S/C15H16N4S/c1-8-4-9(2)6-11(5-8)17-13-12-7-10(3)20-14(12)19-15(16)18-13/h4-7H,1-3H3,(H3,16,17,18,19). The molecule has 0 unspecified atom stereocenters. The number of aryl methyl sites for hydroxylation is 3. The number of anilines is 3. The van der Waals surface area contributed by atoms with Gasteiger partial charge < -0.3 is 11.1 Å². The zero-order valence-electron chi connectivity index (χ0n) is 11.7. The number of nitrogen functional groups attached to an aromatic ring is 1. The number of hydrogen-bond donors (Lipinski definition) is 2. The van der Waals surface area contributed by atoms with E-state index in [2.05, 4.69) is 60.3 Å². The maximum absolute atomic E-state index is 5.79. The smallest absolute Gasteiger partial charge is 0.223 e. The van der Waals surface area contributed by atoms with Crippen LogP contribution in [0.15, 0.2) is 24.3 Å². The normalized spacial score (nSPS) is 10.9. The quantitative estimate of drug-likeness (QED) is 0.748. The van der Waals surface area contributed by atoms with E-state index in [1.165, 1.54) is 16.0 Å². The third-order valence-corrected chi connectivity index (χ3v) is 3.96. The minimum atomic E-state index is 0.297. The lowest BCUT2D eigenvalue weighted by Crippen LogP contribution is -2.00. The van der Waals surface area contributed by atoms with E-state index in [1.54, 1.807) is 11.3 Å². The van der Waals surface area contributed by atoms with Gasteiger partial charge in [-0.2, -0.15) is 4.98 Å². The molecule has 0 spiro atoms. The van der Waals surface area contributed by atoms with Gasteiger partial charge in [0.2, 0.25) is 5.95 Å². The molecule has 0 fully saturated rings. The number of benzene rings is 1. The summed E-state index contributed by atoms with van der Waals surface area (Å²) >= 11 is 1.63. The van der Waals surface area contributed by atoms with Crippen LogP contribution in [-0.4, -0.2) is 9.97 Å². The molecule has 102 valence electrons. The van der Waals surface area contributed by atoms with Gasteiger partial charge in [-0.3, -0.25) is 0 Å². The molecule has 3 rings (SSSR count). The van der Waals surface area contributed by atoms with E-state index >= 15 is 0 Å². The maximum atomic E-state index is 5.79. The van der Waals surface area contributed by atoms with Gasteiger partial charge in [-0.15, -0.1) is 11.3 Å². The molecule has 4 nitrogen and oxygen atoms in total. The monoisotopic (exact) mass is 284 g/mol. The Balaban J connectivity index is 2.09. The Morgan fingerprint density at radius 2 is 1.70 bits per heavy atom. The summed E-state index contributed by atoms with van der Waals surface area (Å²) in [5, 5.41) is 4.37. The van der Waals surface area contributed by atoms with Gasteiger partial charge in [0.25, 0.3) is 0 Å². The van der Waals surface area contributed by atoms with Gasteiger partial charge in [0, 0.05) is 10.6 Å². The van der Waals surface area contributed by atoms with E-state index in [0.29, 0.717) is 5.95 Å². The summed E-state index contributed by atoms with van der Waals surface area (Å²) in [5.74, 6) is 1.06. The van der Waals surface area contributed by atoms with Crippen molar-refractivity contribution in [1.29, 1.82) is 0 Å². The fraction of sp³-hybridized carbons (Fsp3) is 0.200. The molecule has 1 aromatic carbocycles. The molecule has 0 aliphatic rings. The van der Waals surface area contributed by atoms with Gasteiger partial charge in [-0.05, 0) is 50.1 Å². The molecule has 20 heavy (non-hydrogen) atoms. The van der Waals surface area contributed by atoms with Crippen molar-refractivity contribution in [2.75, 3.05) is 11.1 Å². The highest BCUT2D eigenvalue weighted by molar-refractivity contribution is 7.18. The van der Waals surface area contributed by atoms with Crippen molar-refractivity contribution in [2.45, 2.75) is 20.8 Å². The molecule has 0 amide bonds. The molecule has 3 N–H and O–H groups in total. The Bertz CT molecular complexity index is 772. The number of thiophene rings is 1. The first-order valence-corrected chi connectivity index (χ1v) is 7.22. The number of aromatic nitrogens is 2. The molecule has 3 aromatic rings. The Kier molecular flexibility index (Phi) is 3.06. The van der Waals surface area contributed by atoms with Crippen molar-refractivity contribution >= 4 is 39.0 Å². The van der Waals surface area contributed by atoms with Crippen molar-refractivity contribution in [2.24, 2.45) is 0 Å². The van der Waals surface area contributed by atoms with Crippen molar-refractivity contribution < 1.29 is 0 Å². The summed E-state index contributed by atoms with van der Waals surface area (Å²) < 4.78 is 0. The van der Waals surface area contributed by atoms with Crippen LogP contribution in [0.2, 0.25) is 0 Å². The van der Waals surface area contributed by atoms with E-state index in [-0.39, 0.29) is 0 Å². The fourth-order valence-electron chi connectivity index (χ4n) is 2.34. The van der Waals surface area contributed by atoms with Crippen molar-refractivity contribution in [1.82, 2.24) is 9.97 Å². The van der Waals surface area contributed by atoms with Gasteiger partial charge in [0.1, 0.15) is 10.6 Å². The highest BCUT2D eigenvalue weighted by Gasteiger charge is 2.09. The third kappa shape index (κ3) is 2.44. The highest BCUT2D eigenvalue weighted by Crippen LogP contribution is 2.31. The zero-order chi connectivity index (χ0) is 14.3. The summed E-state index contributed by atoms with van der Waals surface area (Å²) in [7, 11) is 0. The third-order valence-electron chi connectivity index (χ3n) is 3.02. The predicted octanol–water partition coefficient (Wildman–Crippen LogP) is 3.94.